The number of carbonyl (C=O) groups is 1. The molecule has 0 bridgehead atoms. The fraction of sp³-hybridized carbons (Fsp3) is 0.500. The molecule has 0 aromatic carbocycles. The maximum atomic E-state index is 12.6. The largest absolute Gasteiger partial charge is 0.369 e. The first-order chi connectivity index (χ1) is 9.88. The van der Waals surface area contributed by atoms with Crippen molar-refractivity contribution in [3.8, 4) is 0 Å². The first kappa shape index (κ1) is 15.6. The van der Waals surface area contributed by atoms with Gasteiger partial charge < -0.3 is 10.7 Å². The number of aromatic amines is 1. The Kier molecular flexibility index (Phi) is 4.72. The molecule has 0 aliphatic carbocycles. The van der Waals surface area contributed by atoms with Gasteiger partial charge in [0.2, 0.25) is 5.91 Å². The molecular weight excluding hydrogens is 288 g/mol. The smallest absolute Gasteiger partial charge is 0.278 e. The van der Waals surface area contributed by atoms with E-state index >= 15 is 0 Å². The molecule has 114 valence electrons. The molecule has 3 N–H and O–H groups in total. The fourth-order valence-electron chi connectivity index (χ4n) is 2.04. The van der Waals surface area contributed by atoms with Crippen LogP contribution in [0.15, 0.2) is 16.0 Å². The van der Waals surface area contributed by atoms with E-state index in [1.807, 2.05) is 13.0 Å². The minimum atomic E-state index is -0.421. The van der Waals surface area contributed by atoms with E-state index in [2.05, 4.69) is 23.8 Å². The van der Waals surface area contributed by atoms with Gasteiger partial charge in [0, 0.05) is 12.2 Å². The lowest BCUT2D eigenvalue weighted by Gasteiger charge is -2.12. The highest BCUT2D eigenvalue weighted by molar-refractivity contribution is 7.99. The third kappa shape index (κ3) is 3.66. The number of thioether (sulfide) groups is 1. The first-order valence-electron chi connectivity index (χ1n) is 6.89. The molecule has 2 rings (SSSR count). The Balaban J connectivity index is 2.48. The number of primary amides is 1. The lowest BCUT2D eigenvalue weighted by atomic mass is 10.1. The van der Waals surface area contributed by atoms with Crippen molar-refractivity contribution in [2.24, 2.45) is 11.7 Å². The summed E-state index contributed by atoms with van der Waals surface area (Å²) in [6.07, 6.45) is 0.872. The molecule has 7 heteroatoms. The molecule has 0 aliphatic heterocycles. The number of aromatic nitrogens is 3. The summed E-state index contributed by atoms with van der Waals surface area (Å²) < 4.78 is 1.63. The lowest BCUT2D eigenvalue weighted by molar-refractivity contribution is -0.115. The number of hydrogen-bond acceptors (Lipinski definition) is 4. The molecule has 0 spiro atoms. The van der Waals surface area contributed by atoms with Crippen LogP contribution >= 0.6 is 11.8 Å². The van der Waals surface area contributed by atoms with E-state index in [1.54, 1.807) is 4.57 Å². The van der Waals surface area contributed by atoms with Gasteiger partial charge in [-0.05, 0) is 25.3 Å². The molecule has 2 heterocycles. The van der Waals surface area contributed by atoms with Crippen LogP contribution in [0.3, 0.4) is 0 Å². The number of nitrogens with zero attached hydrogens (tertiary/aromatic N) is 2. The zero-order valence-electron chi connectivity index (χ0n) is 12.5. The Bertz CT molecular complexity index is 718. The highest BCUT2D eigenvalue weighted by Crippen LogP contribution is 2.19. The number of H-pyrrole nitrogens is 1. The fourth-order valence-corrected chi connectivity index (χ4v) is 2.81. The van der Waals surface area contributed by atoms with Gasteiger partial charge in [0.25, 0.3) is 5.56 Å². The maximum absolute atomic E-state index is 12.6. The number of hydrogen-bond donors (Lipinski definition) is 2. The van der Waals surface area contributed by atoms with Crippen molar-refractivity contribution in [1.29, 1.82) is 0 Å². The van der Waals surface area contributed by atoms with Crippen molar-refractivity contribution in [2.45, 2.75) is 38.9 Å². The third-order valence-electron chi connectivity index (χ3n) is 3.11. The van der Waals surface area contributed by atoms with Crippen LogP contribution in [0.4, 0.5) is 0 Å². The van der Waals surface area contributed by atoms with E-state index in [9.17, 15) is 9.59 Å². The number of amides is 1. The van der Waals surface area contributed by atoms with Gasteiger partial charge >= 0.3 is 0 Å². The molecular formula is C14H20N4O2S. The Labute approximate surface area is 127 Å². The van der Waals surface area contributed by atoms with Crippen molar-refractivity contribution in [1.82, 2.24) is 14.5 Å². The molecule has 0 fully saturated rings. The van der Waals surface area contributed by atoms with Gasteiger partial charge in [-0.3, -0.25) is 14.2 Å². The van der Waals surface area contributed by atoms with Gasteiger partial charge in [-0.25, -0.2) is 4.98 Å². The molecule has 21 heavy (non-hydrogen) atoms. The highest BCUT2D eigenvalue weighted by Gasteiger charge is 2.14. The SMILES string of the molecule is Cc1cc2nc(SCC(N)=O)n(CCC(C)C)c(=O)c2[nH]1. The second kappa shape index (κ2) is 6.34. The predicted molar refractivity (Wildman–Crippen MR) is 84.5 cm³/mol. The quantitative estimate of drug-likeness (QED) is 0.627. The molecule has 0 saturated carbocycles. The maximum Gasteiger partial charge on any atom is 0.278 e. The van der Waals surface area contributed by atoms with Crippen LogP contribution in [-0.2, 0) is 11.3 Å². The van der Waals surface area contributed by atoms with Crippen LogP contribution in [0.5, 0.6) is 0 Å². The Morgan fingerprint density at radius 1 is 1.52 bits per heavy atom. The van der Waals surface area contributed by atoms with E-state index in [0.717, 1.165) is 12.1 Å². The van der Waals surface area contributed by atoms with E-state index in [0.29, 0.717) is 28.7 Å². The second-order valence-electron chi connectivity index (χ2n) is 5.50. The van der Waals surface area contributed by atoms with Crippen molar-refractivity contribution in [3.63, 3.8) is 0 Å². The summed E-state index contributed by atoms with van der Waals surface area (Å²) >= 11 is 1.21. The van der Waals surface area contributed by atoms with Crippen LogP contribution in [-0.4, -0.2) is 26.2 Å². The zero-order valence-corrected chi connectivity index (χ0v) is 13.3. The van der Waals surface area contributed by atoms with Crippen LogP contribution in [0.25, 0.3) is 11.0 Å². The van der Waals surface area contributed by atoms with Crippen molar-refractivity contribution in [2.75, 3.05) is 5.75 Å². The van der Waals surface area contributed by atoms with Crippen molar-refractivity contribution < 1.29 is 4.79 Å². The van der Waals surface area contributed by atoms with E-state index < -0.39 is 5.91 Å². The van der Waals surface area contributed by atoms with Crippen LogP contribution in [0.1, 0.15) is 26.0 Å². The highest BCUT2D eigenvalue weighted by atomic mass is 32.2. The number of nitrogens with one attached hydrogen (secondary N) is 1. The zero-order chi connectivity index (χ0) is 15.6. The van der Waals surface area contributed by atoms with Crippen molar-refractivity contribution in [3.05, 3.63) is 22.1 Å². The van der Waals surface area contributed by atoms with Gasteiger partial charge in [0.05, 0.1) is 11.3 Å². The first-order valence-corrected chi connectivity index (χ1v) is 7.88. The summed E-state index contributed by atoms with van der Waals surface area (Å²) in [5.74, 6) is 0.171. The van der Waals surface area contributed by atoms with Crippen molar-refractivity contribution >= 4 is 28.7 Å². The summed E-state index contributed by atoms with van der Waals surface area (Å²) in [5, 5.41) is 0.547. The molecule has 6 nitrogen and oxygen atoms in total. The molecule has 2 aromatic rings. The minimum Gasteiger partial charge on any atom is -0.369 e. The molecule has 1 amide bonds. The predicted octanol–water partition coefficient (Wildman–Crippen LogP) is 1.66. The number of carbonyl (C=O) groups excluding carboxylic acids is 1. The number of rotatable bonds is 6. The number of nitrogens with two attached hydrogens (primary N) is 1. The number of fused-ring (bicyclic) bond motifs is 1. The van der Waals surface area contributed by atoms with Gasteiger partial charge in [-0.1, -0.05) is 25.6 Å². The molecule has 0 saturated heterocycles. The minimum absolute atomic E-state index is 0.0966. The average Bonchev–Trinajstić information content (AvgIpc) is 2.76. The summed E-state index contributed by atoms with van der Waals surface area (Å²) in [4.78, 5) is 31.1. The Hall–Kier alpha value is -1.76. The van der Waals surface area contributed by atoms with Gasteiger partial charge in [0.15, 0.2) is 5.16 Å². The van der Waals surface area contributed by atoms with Crippen LogP contribution < -0.4 is 11.3 Å². The van der Waals surface area contributed by atoms with Gasteiger partial charge in [-0.2, -0.15) is 0 Å². The molecule has 0 unspecified atom stereocenters. The lowest BCUT2D eigenvalue weighted by Crippen LogP contribution is -2.25. The van der Waals surface area contributed by atoms with E-state index in [1.165, 1.54) is 11.8 Å². The third-order valence-corrected chi connectivity index (χ3v) is 4.11. The Morgan fingerprint density at radius 2 is 2.24 bits per heavy atom. The summed E-state index contributed by atoms with van der Waals surface area (Å²) in [6.45, 7) is 6.67. The van der Waals surface area contributed by atoms with E-state index in [4.69, 9.17) is 5.73 Å². The summed E-state index contributed by atoms with van der Waals surface area (Å²) in [7, 11) is 0. The normalized spacial score (nSPS) is 11.4. The van der Waals surface area contributed by atoms with Crippen LogP contribution in [0.2, 0.25) is 0 Å². The number of aryl methyl sites for hydroxylation is 1. The van der Waals surface area contributed by atoms with Gasteiger partial charge in [0.1, 0.15) is 5.52 Å². The molecule has 0 radical (unpaired) electrons. The standard InChI is InChI=1S/C14H20N4O2S/c1-8(2)4-5-18-13(20)12-10(6-9(3)16-12)17-14(18)21-7-11(15)19/h6,8,16H,4-5,7H2,1-3H3,(H2,15,19). The van der Waals surface area contributed by atoms with Crippen LogP contribution in [0, 0.1) is 12.8 Å². The second-order valence-corrected chi connectivity index (χ2v) is 6.44. The molecule has 2 aromatic heterocycles. The average molecular weight is 308 g/mol. The van der Waals surface area contributed by atoms with Gasteiger partial charge in [-0.15, -0.1) is 0 Å². The molecule has 0 aliphatic rings. The molecule has 0 atom stereocenters. The topological polar surface area (TPSA) is 93.8 Å². The summed E-state index contributed by atoms with van der Waals surface area (Å²) in [5.41, 5.74) is 7.12. The summed E-state index contributed by atoms with van der Waals surface area (Å²) in [6, 6.07) is 1.83. The van der Waals surface area contributed by atoms with E-state index in [-0.39, 0.29) is 11.3 Å². The Morgan fingerprint density at radius 3 is 2.86 bits per heavy atom. The monoisotopic (exact) mass is 308 g/mol.